The van der Waals surface area contributed by atoms with Crippen LogP contribution in [-0.4, -0.2) is 21.8 Å². The topological polar surface area (TPSA) is 29.1 Å². The SMILES string of the molecule is CC1CCS(=O)CC(c2ccc(F)c(F)c2)N1. The Morgan fingerprint density at radius 2 is 2.12 bits per heavy atom. The lowest BCUT2D eigenvalue weighted by molar-refractivity contribution is 0.474. The number of rotatable bonds is 1. The molecule has 0 radical (unpaired) electrons. The van der Waals surface area contributed by atoms with Crippen LogP contribution in [0.2, 0.25) is 0 Å². The molecular formula is C12H15F2NOS. The molecule has 2 nitrogen and oxygen atoms in total. The van der Waals surface area contributed by atoms with Crippen LogP contribution in [0, 0.1) is 11.6 Å². The fraction of sp³-hybridized carbons (Fsp3) is 0.500. The van der Waals surface area contributed by atoms with E-state index in [-0.39, 0.29) is 12.1 Å². The van der Waals surface area contributed by atoms with Crippen molar-refractivity contribution in [1.82, 2.24) is 5.32 Å². The molecular weight excluding hydrogens is 244 g/mol. The van der Waals surface area contributed by atoms with E-state index in [1.807, 2.05) is 6.92 Å². The molecule has 0 aliphatic carbocycles. The van der Waals surface area contributed by atoms with Crippen LogP contribution in [0.15, 0.2) is 18.2 Å². The highest BCUT2D eigenvalue weighted by Gasteiger charge is 2.22. The molecule has 0 aromatic heterocycles. The summed E-state index contributed by atoms with van der Waals surface area (Å²) in [7, 11) is -0.899. The van der Waals surface area contributed by atoms with E-state index in [0.29, 0.717) is 17.1 Å². The lowest BCUT2D eigenvalue weighted by Gasteiger charge is -2.19. The quantitative estimate of drug-likeness (QED) is 0.837. The molecule has 1 aromatic carbocycles. The molecule has 0 spiro atoms. The first kappa shape index (κ1) is 12.6. The fourth-order valence-corrected chi connectivity index (χ4v) is 3.42. The van der Waals surface area contributed by atoms with Gasteiger partial charge < -0.3 is 5.32 Å². The molecule has 0 bridgehead atoms. The van der Waals surface area contributed by atoms with E-state index in [1.54, 1.807) is 6.07 Å². The minimum absolute atomic E-state index is 0.163. The fourth-order valence-electron chi connectivity index (χ4n) is 1.97. The largest absolute Gasteiger partial charge is 0.307 e. The zero-order valence-electron chi connectivity index (χ0n) is 9.58. The van der Waals surface area contributed by atoms with Crippen molar-refractivity contribution >= 4 is 10.8 Å². The lowest BCUT2D eigenvalue weighted by Crippen LogP contribution is -2.30. The zero-order valence-corrected chi connectivity index (χ0v) is 10.4. The highest BCUT2D eigenvalue weighted by molar-refractivity contribution is 7.85. The van der Waals surface area contributed by atoms with Crippen LogP contribution in [0.25, 0.3) is 0 Å². The number of hydrogen-bond acceptors (Lipinski definition) is 2. The first-order valence-electron chi connectivity index (χ1n) is 5.62. The maximum atomic E-state index is 13.2. The number of halogens is 2. The van der Waals surface area contributed by atoms with E-state index in [1.165, 1.54) is 6.07 Å². The Kier molecular flexibility index (Phi) is 3.89. The molecule has 1 fully saturated rings. The molecule has 0 saturated carbocycles. The van der Waals surface area contributed by atoms with Crippen molar-refractivity contribution in [2.75, 3.05) is 11.5 Å². The molecule has 1 aliphatic rings. The van der Waals surface area contributed by atoms with Gasteiger partial charge in [0.2, 0.25) is 0 Å². The number of benzene rings is 1. The van der Waals surface area contributed by atoms with Gasteiger partial charge in [-0.15, -0.1) is 0 Å². The number of hydrogen-bond donors (Lipinski definition) is 1. The first-order chi connectivity index (χ1) is 8.06. The summed E-state index contributed by atoms with van der Waals surface area (Å²) in [6.07, 6.45) is 0.840. The molecule has 3 unspecified atom stereocenters. The molecule has 1 aromatic rings. The van der Waals surface area contributed by atoms with Crippen LogP contribution in [0.3, 0.4) is 0 Å². The summed E-state index contributed by atoms with van der Waals surface area (Å²) in [5, 5.41) is 3.29. The average Bonchev–Trinajstić information content (AvgIpc) is 2.45. The van der Waals surface area contributed by atoms with E-state index in [2.05, 4.69) is 5.32 Å². The maximum Gasteiger partial charge on any atom is 0.159 e. The van der Waals surface area contributed by atoms with Gasteiger partial charge in [-0.2, -0.15) is 0 Å². The van der Waals surface area contributed by atoms with Crippen LogP contribution < -0.4 is 5.32 Å². The van der Waals surface area contributed by atoms with Crippen LogP contribution in [-0.2, 0) is 10.8 Å². The minimum Gasteiger partial charge on any atom is -0.307 e. The third-order valence-electron chi connectivity index (χ3n) is 2.96. The molecule has 3 atom stereocenters. The van der Waals surface area contributed by atoms with Gasteiger partial charge in [-0.3, -0.25) is 4.21 Å². The van der Waals surface area contributed by atoms with Crippen LogP contribution in [0.5, 0.6) is 0 Å². The molecule has 17 heavy (non-hydrogen) atoms. The molecule has 1 aliphatic heterocycles. The minimum atomic E-state index is -0.899. The Morgan fingerprint density at radius 3 is 2.82 bits per heavy atom. The highest BCUT2D eigenvalue weighted by atomic mass is 32.2. The van der Waals surface area contributed by atoms with Gasteiger partial charge in [0.15, 0.2) is 11.6 Å². The van der Waals surface area contributed by atoms with Crippen molar-refractivity contribution in [2.45, 2.75) is 25.4 Å². The van der Waals surface area contributed by atoms with Crippen molar-refractivity contribution < 1.29 is 13.0 Å². The van der Waals surface area contributed by atoms with Gasteiger partial charge in [0.1, 0.15) is 0 Å². The van der Waals surface area contributed by atoms with Gasteiger partial charge in [0.05, 0.1) is 0 Å². The predicted molar refractivity (Wildman–Crippen MR) is 64.2 cm³/mol. The van der Waals surface area contributed by atoms with Gasteiger partial charge >= 0.3 is 0 Å². The Hall–Kier alpha value is -0.810. The van der Waals surface area contributed by atoms with Crippen molar-refractivity contribution in [3.8, 4) is 0 Å². The average molecular weight is 259 g/mol. The van der Waals surface area contributed by atoms with Gasteiger partial charge in [0, 0.05) is 34.4 Å². The molecule has 1 heterocycles. The highest BCUT2D eigenvalue weighted by Crippen LogP contribution is 2.21. The van der Waals surface area contributed by atoms with E-state index in [9.17, 15) is 13.0 Å². The molecule has 1 saturated heterocycles. The third-order valence-corrected chi connectivity index (χ3v) is 4.36. The molecule has 5 heteroatoms. The van der Waals surface area contributed by atoms with E-state index in [0.717, 1.165) is 12.5 Å². The second-order valence-corrected chi connectivity index (χ2v) is 6.01. The molecule has 2 rings (SSSR count). The smallest absolute Gasteiger partial charge is 0.159 e. The standard InChI is InChI=1S/C12H15F2NOS/c1-8-4-5-17(16)7-12(15-8)9-2-3-10(13)11(14)6-9/h2-3,6,8,12,15H,4-5,7H2,1H3. The van der Waals surface area contributed by atoms with Crippen LogP contribution in [0.1, 0.15) is 24.9 Å². The van der Waals surface area contributed by atoms with E-state index < -0.39 is 22.4 Å². The monoisotopic (exact) mass is 259 g/mol. The van der Waals surface area contributed by atoms with Gasteiger partial charge in [-0.1, -0.05) is 6.07 Å². The summed E-state index contributed by atoms with van der Waals surface area (Å²) in [5.41, 5.74) is 0.658. The summed E-state index contributed by atoms with van der Waals surface area (Å²) in [5.74, 6) is -0.590. The Labute approximate surface area is 102 Å². The normalized spacial score (nSPS) is 29.9. The molecule has 1 N–H and O–H groups in total. The Balaban J connectivity index is 2.24. The van der Waals surface area contributed by atoms with Crippen molar-refractivity contribution in [3.05, 3.63) is 35.4 Å². The summed E-state index contributed by atoms with van der Waals surface area (Å²) in [4.78, 5) is 0. The van der Waals surface area contributed by atoms with Gasteiger partial charge in [-0.25, -0.2) is 8.78 Å². The summed E-state index contributed by atoms with van der Waals surface area (Å²) in [6.45, 7) is 2.01. The second-order valence-electron chi connectivity index (χ2n) is 4.39. The van der Waals surface area contributed by atoms with E-state index in [4.69, 9.17) is 0 Å². The van der Waals surface area contributed by atoms with Gasteiger partial charge in [-0.05, 0) is 31.0 Å². The summed E-state index contributed by atoms with van der Waals surface area (Å²) in [6, 6.07) is 3.92. The molecule has 0 amide bonds. The van der Waals surface area contributed by atoms with Gasteiger partial charge in [0.25, 0.3) is 0 Å². The van der Waals surface area contributed by atoms with E-state index >= 15 is 0 Å². The number of nitrogens with one attached hydrogen (secondary N) is 1. The molecule has 94 valence electrons. The third kappa shape index (κ3) is 3.10. The van der Waals surface area contributed by atoms with Crippen LogP contribution >= 0.6 is 0 Å². The van der Waals surface area contributed by atoms with Crippen molar-refractivity contribution in [3.63, 3.8) is 0 Å². The Morgan fingerprint density at radius 1 is 1.35 bits per heavy atom. The van der Waals surface area contributed by atoms with Crippen molar-refractivity contribution in [2.24, 2.45) is 0 Å². The summed E-state index contributed by atoms with van der Waals surface area (Å²) >= 11 is 0. The maximum absolute atomic E-state index is 13.2. The predicted octanol–water partition coefficient (Wildman–Crippen LogP) is 2.14. The zero-order chi connectivity index (χ0) is 12.4. The second kappa shape index (κ2) is 5.23. The lowest BCUT2D eigenvalue weighted by atomic mass is 10.1. The van der Waals surface area contributed by atoms with Crippen LogP contribution in [0.4, 0.5) is 8.78 Å². The van der Waals surface area contributed by atoms with Crippen molar-refractivity contribution in [1.29, 1.82) is 0 Å². The Bertz CT molecular complexity index is 439. The summed E-state index contributed by atoms with van der Waals surface area (Å²) < 4.78 is 37.7. The first-order valence-corrected chi connectivity index (χ1v) is 7.11.